The van der Waals surface area contributed by atoms with Gasteiger partial charge in [0, 0.05) is 34.5 Å². The normalized spacial score (nSPS) is 13.3. The lowest BCUT2D eigenvalue weighted by Gasteiger charge is -2.12. The average molecular weight is 473 g/mol. The number of nitrogens with two attached hydrogens (primary N) is 2. The van der Waals surface area contributed by atoms with E-state index in [1.54, 1.807) is 26.4 Å². The van der Waals surface area contributed by atoms with Crippen LogP contribution in [0.25, 0.3) is 5.65 Å². The number of nitrogens with one attached hydrogen (secondary N) is 1. The highest BCUT2D eigenvalue weighted by atomic mass is 79.9. The molecule has 2 aromatic heterocycles. The van der Waals surface area contributed by atoms with Crippen LogP contribution in [-0.2, 0) is 6.54 Å². The summed E-state index contributed by atoms with van der Waals surface area (Å²) in [6, 6.07) is 9.45. The number of nitrogens with zero attached hydrogens (tertiary/aromatic N) is 3. The molecule has 0 aliphatic heterocycles. The standard InChI is InChI=1S/C21H25BrN6O2/c1-13(21-27-26-20-9-5-15(22)12-28(20)21)17(23)7-8-19(24)25-11-14-4-6-16(29-2)10-18(14)30-3/h4-10,12-13,25H,11,23-24H2,1-3H3/b17-7-,19-8+. The van der Waals surface area contributed by atoms with E-state index in [9.17, 15) is 0 Å². The molecule has 0 aliphatic carbocycles. The summed E-state index contributed by atoms with van der Waals surface area (Å²) in [5.41, 5.74) is 14.7. The predicted octanol–water partition coefficient (Wildman–Crippen LogP) is 3.05. The summed E-state index contributed by atoms with van der Waals surface area (Å²) in [6.45, 7) is 2.48. The van der Waals surface area contributed by atoms with Crippen molar-refractivity contribution in [2.75, 3.05) is 14.2 Å². The minimum absolute atomic E-state index is 0.139. The average Bonchev–Trinajstić information content (AvgIpc) is 3.18. The fourth-order valence-corrected chi connectivity index (χ4v) is 3.25. The van der Waals surface area contributed by atoms with E-state index in [1.165, 1.54) is 0 Å². The molecule has 2 heterocycles. The highest BCUT2D eigenvalue weighted by molar-refractivity contribution is 9.10. The minimum Gasteiger partial charge on any atom is -0.497 e. The van der Waals surface area contributed by atoms with Gasteiger partial charge in [0.05, 0.1) is 26.0 Å². The number of aromatic nitrogens is 3. The lowest BCUT2D eigenvalue weighted by molar-refractivity contribution is 0.390. The first-order valence-corrected chi connectivity index (χ1v) is 10.1. The number of hydrogen-bond acceptors (Lipinski definition) is 7. The molecule has 0 bridgehead atoms. The van der Waals surface area contributed by atoms with Crippen LogP contribution in [0.2, 0.25) is 0 Å². The number of pyridine rings is 1. The number of ether oxygens (including phenoxy) is 2. The number of fused-ring (bicyclic) bond motifs is 1. The zero-order valence-electron chi connectivity index (χ0n) is 17.1. The van der Waals surface area contributed by atoms with Crippen LogP contribution in [0.15, 0.2) is 64.7 Å². The van der Waals surface area contributed by atoms with Gasteiger partial charge in [-0.3, -0.25) is 4.40 Å². The molecule has 9 heteroatoms. The van der Waals surface area contributed by atoms with Crippen molar-refractivity contribution in [2.45, 2.75) is 19.4 Å². The first-order chi connectivity index (χ1) is 14.4. The first-order valence-electron chi connectivity index (χ1n) is 9.30. The Bertz CT molecular complexity index is 1090. The van der Waals surface area contributed by atoms with Crippen molar-refractivity contribution in [3.05, 3.63) is 76.1 Å². The molecule has 0 saturated carbocycles. The molecule has 0 fully saturated rings. The second-order valence-electron chi connectivity index (χ2n) is 6.68. The summed E-state index contributed by atoms with van der Waals surface area (Å²) in [7, 11) is 3.24. The molecular weight excluding hydrogens is 448 g/mol. The van der Waals surface area contributed by atoms with Crippen LogP contribution in [-0.4, -0.2) is 28.8 Å². The molecule has 0 saturated heterocycles. The van der Waals surface area contributed by atoms with Gasteiger partial charge in [0.2, 0.25) is 0 Å². The second-order valence-corrected chi connectivity index (χ2v) is 7.59. The van der Waals surface area contributed by atoms with Crippen LogP contribution in [0, 0.1) is 0 Å². The van der Waals surface area contributed by atoms with E-state index in [0.717, 1.165) is 33.0 Å². The van der Waals surface area contributed by atoms with E-state index in [4.69, 9.17) is 20.9 Å². The molecule has 3 aromatic rings. The molecule has 30 heavy (non-hydrogen) atoms. The molecule has 1 atom stereocenters. The smallest absolute Gasteiger partial charge is 0.160 e. The van der Waals surface area contributed by atoms with Gasteiger partial charge >= 0.3 is 0 Å². The molecule has 1 unspecified atom stereocenters. The number of hydrogen-bond donors (Lipinski definition) is 3. The van der Waals surface area contributed by atoms with Crippen molar-refractivity contribution >= 4 is 21.6 Å². The van der Waals surface area contributed by atoms with Crippen LogP contribution in [0.1, 0.15) is 24.2 Å². The van der Waals surface area contributed by atoms with Crippen molar-refractivity contribution in [3.63, 3.8) is 0 Å². The van der Waals surface area contributed by atoms with Crippen molar-refractivity contribution in [1.29, 1.82) is 0 Å². The van der Waals surface area contributed by atoms with E-state index < -0.39 is 0 Å². The van der Waals surface area contributed by atoms with Gasteiger partial charge in [-0.25, -0.2) is 0 Å². The zero-order valence-corrected chi connectivity index (χ0v) is 18.7. The van der Waals surface area contributed by atoms with Gasteiger partial charge in [-0.2, -0.15) is 0 Å². The maximum Gasteiger partial charge on any atom is 0.160 e. The molecular formula is C21H25BrN6O2. The zero-order chi connectivity index (χ0) is 21.7. The Kier molecular flexibility index (Phi) is 6.83. The van der Waals surface area contributed by atoms with Gasteiger partial charge in [0.25, 0.3) is 0 Å². The number of benzene rings is 1. The van der Waals surface area contributed by atoms with Gasteiger partial charge < -0.3 is 26.3 Å². The number of allylic oxidation sites excluding steroid dienone is 3. The van der Waals surface area contributed by atoms with E-state index in [-0.39, 0.29) is 5.92 Å². The summed E-state index contributed by atoms with van der Waals surface area (Å²) in [5, 5.41) is 11.6. The third-order valence-corrected chi connectivity index (χ3v) is 5.18. The molecule has 8 nitrogen and oxygen atoms in total. The molecule has 0 aliphatic rings. The Morgan fingerprint density at radius 1 is 1.17 bits per heavy atom. The Morgan fingerprint density at radius 3 is 2.70 bits per heavy atom. The molecule has 0 radical (unpaired) electrons. The summed E-state index contributed by atoms with van der Waals surface area (Å²) < 4.78 is 13.5. The lowest BCUT2D eigenvalue weighted by Crippen LogP contribution is -2.20. The maximum atomic E-state index is 6.28. The van der Waals surface area contributed by atoms with Crippen molar-refractivity contribution < 1.29 is 9.47 Å². The fourth-order valence-electron chi connectivity index (χ4n) is 2.91. The largest absolute Gasteiger partial charge is 0.497 e. The maximum absolute atomic E-state index is 6.28. The van der Waals surface area contributed by atoms with E-state index in [1.807, 2.05) is 47.9 Å². The van der Waals surface area contributed by atoms with Crippen LogP contribution >= 0.6 is 15.9 Å². The highest BCUT2D eigenvalue weighted by Gasteiger charge is 2.15. The summed E-state index contributed by atoms with van der Waals surface area (Å²) >= 11 is 3.47. The van der Waals surface area contributed by atoms with Crippen LogP contribution in [0.4, 0.5) is 0 Å². The molecule has 158 valence electrons. The Balaban J connectivity index is 1.69. The van der Waals surface area contributed by atoms with Crippen LogP contribution < -0.4 is 26.3 Å². The fraction of sp³-hybridized carbons (Fsp3) is 0.238. The monoisotopic (exact) mass is 472 g/mol. The van der Waals surface area contributed by atoms with Gasteiger partial charge in [0.1, 0.15) is 17.3 Å². The Labute approximate surface area is 183 Å². The minimum atomic E-state index is -0.139. The number of rotatable bonds is 8. The van der Waals surface area contributed by atoms with Crippen LogP contribution in [0.5, 0.6) is 11.5 Å². The van der Waals surface area contributed by atoms with Gasteiger partial charge in [0.15, 0.2) is 5.65 Å². The summed E-state index contributed by atoms with van der Waals surface area (Å²) in [5.74, 6) is 2.56. The topological polar surface area (TPSA) is 113 Å². The lowest BCUT2D eigenvalue weighted by atomic mass is 10.1. The van der Waals surface area contributed by atoms with E-state index >= 15 is 0 Å². The van der Waals surface area contributed by atoms with Gasteiger partial charge in [-0.15, -0.1) is 10.2 Å². The van der Waals surface area contributed by atoms with Gasteiger partial charge in [-0.05, 0) is 59.3 Å². The van der Waals surface area contributed by atoms with E-state index in [2.05, 4.69) is 31.4 Å². The van der Waals surface area contributed by atoms with Crippen molar-refractivity contribution in [2.24, 2.45) is 11.5 Å². The van der Waals surface area contributed by atoms with Crippen molar-refractivity contribution in [3.8, 4) is 11.5 Å². The summed E-state index contributed by atoms with van der Waals surface area (Å²) in [4.78, 5) is 0. The SMILES string of the molecule is COc1ccc(CN/C(N)=C/C=C(\N)C(C)c2nnc3ccc(Br)cn23)c(OC)c1. The summed E-state index contributed by atoms with van der Waals surface area (Å²) in [6.07, 6.45) is 5.43. The third-order valence-electron chi connectivity index (χ3n) is 4.71. The van der Waals surface area contributed by atoms with Gasteiger partial charge in [-0.1, -0.05) is 0 Å². The molecule has 5 N–H and O–H groups in total. The highest BCUT2D eigenvalue weighted by Crippen LogP contribution is 2.24. The molecule has 3 rings (SSSR count). The Hall–Kier alpha value is -3.20. The molecule has 0 spiro atoms. The Morgan fingerprint density at radius 2 is 1.97 bits per heavy atom. The van der Waals surface area contributed by atoms with Crippen LogP contribution in [0.3, 0.4) is 0 Å². The number of halogens is 1. The second kappa shape index (κ2) is 9.53. The quantitative estimate of drug-likeness (QED) is 0.431. The third kappa shape index (κ3) is 4.85. The predicted molar refractivity (Wildman–Crippen MR) is 120 cm³/mol. The number of methoxy groups -OCH3 is 2. The molecule has 1 aromatic carbocycles. The molecule has 0 amide bonds. The first kappa shape index (κ1) is 21.5. The van der Waals surface area contributed by atoms with E-state index in [0.29, 0.717) is 18.1 Å². The van der Waals surface area contributed by atoms with Crippen molar-refractivity contribution in [1.82, 2.24) is 19.9 Å².